The van der Waals surface area contributed by atoms with Gasteiger partial charge in [0.2, 0.25) is 11.8 Å². The number of imidazole rings is 1. The van der Waals surface area contributed by atoms with E-state index in [9.17, 15) is 4.79 Å². The van der Waals surface area contributed by atoms with Crippen molar-refractivity contribution in [1.82, 2.24) is 19.4 Å². The number of oxazole rings is 1. The molecule has 27 heavy (non-hydrogen) atoms. The Morgan fingerprint density at radius 3 is 2.85 bits per heavy atom. The minimum atomic E-state index is 0.102. The highest BCUT2D eigenvalue weighted by molar-refractivity contribution is 5.79. The molecule has 1 atom stereocenters. The number of likely N-dealkylation sites (tertiary alicyclic amines) is 1. The van der Waals surface area contributed by atoms with Crippen molar-refractivity contribution < 1.29 is 9.21 Å². The summed E-state index contributed by atoms with van der Waals surface area (Å²) < 4.78 is 7.84. The molecule has 140 valence electrons. The summed E-state index contributed by atoms with van der Waals surface area (Å²) >= 11 is 0. The lowest BCUT2D eigenvalue weighted by Gasteiger charge is -2.32. The number of aromatic nitrogens is 3. The molecule has 0 aliphatic carbocycles. The van der Waals surface area contributed by atoms with Crippen LogP contribution in [0.3, 0.4) is 0 Å². The topological polar surface area (TPSA) is 64.2 Å². The van der Waals surface area contributed by atoms with E-state index in [1.54, 1.807) is 0 Å². The van der Waals surface area contributed by atoms with E-state index in [0.29, 0.717) is 24.1 Å². The Balaban J connectivity index is 1.46. The van der Waals surface area contributed by atoms with Crippen molar-refractivity contribution in [3.8, 4) is 11.5 Å². The zero-order chi connectivity index (χ0) is 18.8. The normalized spacial score (nSPS) is 17.3. The molecule has 0 bridgehead atoms. The second-order valence-corrected chi connectivity index (χ2v) is 7.14. The number of benzene rings is 1. The summed E-state index contributed by atoms with van der Waals surface area (Å²) in [6, 6.07) is 9.77. The lowest BCUT2D eigenvalue weighted by atomic mass is 9.96. The van der Waals surface area contributed by atoms with E-state index in [1.807, 2.05) is 66.2 Å². The number of carbonyl (C=O) groups excluding carboxylic acids is 1. The molecule has 0 spiro atoms. The maximum atomic E-state index is 12.9. The quantitative estimate of drug-likeness (QED) is 0.712. The minimum Gasteiger partial charge on any atom is -0.441 e. The second-order valence-electron chi connectivity index (χ2n) is 7.14. The van der Waals surface area contributed by atoms with E-state index in [-0.39, 0.29) is 12.3 Å². The van der Waals surface area contributed by atoms with Gasteiger partial charge in [0.05, 0.1) is 12.1 Å². The summed E-state index contributed by atoms with van der Waals surface area (Å²) in [5, 5.41) is 0. The van der Waals surface area contributed by atoms with Gasteiger partial charge in [0.1, 0.15) is 11.6 Å². The highest BCUT2D eigenvalue weighted by Crippen LogP contribution is 2.27. The van der Waals surface area contributed by atoms with Gasteiger partial charge in [-0.2, -0.15) is 0 Å². The number of amides is 1. The molecule has 1 amide bonds. The molecule has 3 heterocycles. The third-order valence-electron chi connectivity index (χ3n) is 5.23. The zero-order valence-electron chi connectivity index (χ0n) is 15.8. The summed E-state index contributed by atoms with van der Waals surface area (Å²) in [5.74, 6) is 2.72. The number of nitrogens with zero attached hydrogens (tertiary/aromatic N) is 4. The molecule has 1 aliphatic heterocycles. The van der Waals surface area contributed by atoms with E-state index in [2.05, 4.69) is 9.97 Å². The first-order valence-corrected chi connectivity index (χ1v) is 9.38. The predicted octanol–water partition coefficient (Wildman–Crippen LogP) is 3.33. The summed E-state index contributed by atoms with van der Waals surface area (Å²) in [5.41, 5.74) is 1.64. The van der Waals surface area contributed by atoms with Gasteiger partial charge in [0.25, 0.3) is 0 Å². The first kappa shape index (κ1) is 17.5. The van der Waals surface area contributed by atoms with Crippen LogP contribution in [0.4, 0.5) is 0 Å². The molecule has 6 heteroatoms. The molecule has 1 saturated heterocycles. The van der Waals surface area contributed by atoms with Gasteiger partial charge in [0, 0.05) is 44.0 Å². The smallest absolute Gasteiger partial charge is 0.228 e. The van der Waals surface area contributed by atoms with Crippen LogP contribution in [0.15, 0.2) is 47.1 Å². The monoisotopic (exact) mass is 364 g/mol. The highest BCUT2D eigenvalue weighted by atomic mass is 16.4. The number of carbonyl (C=O) groups is 1. The Bertz CT molecular complexity index is 929. The zero-order valence-corrected chi connectivity index (χ0v) is 15.8. The molecule has 1 aromatic carbocycles. The van der Waals surface area contributed by atoms with Crippen molar-refractivity contribution in [2.75, 3.05) is 13.1 Å². The first-order valence-electron chi connectivity index (χ1n) is 9.38. The fourth-order valence-electron chi connectivity index (χ4n) is 3.74. The fourth-order valence-corrected chi connectivity index (χ4v) is 3.74. The molecule has 3 aromatic rings. The third-order valence-corrected chi connectivity index (χ3v) is 5.23. The van der Waals surface area contributed by atoms with Gasteiger partial charge in [-0.25, -0.2) is 9.97 Å². The van der Waals surface area contributed by atoms with Gasteiger partial charge >= 0.3 is 0 Å². The van der Waals surface area contributed by atoms with Crippen LogP contribution in [0, 0.1) is 6.92 Å². The molecule has 0 radical (unpaired) electrons. The molecular weight excluding hydrogens is 340 g/mol. The Kier molecular flexibility index (Phi) is 4.79. The average Bonchev–Trinajstić information content (AvgIpc) is 3.28. The molecular formula is C21H24N4O2. The van der Waals surface area contributed by atoms with E-state index < -0.39 is 0 Å². The van der Waals surface area contributed by atoms with Crippen molar-refractivity contribution in [3.05, 3.63) is 60.0 Å². The number of aryl methyl sites for hydroxylation is 2. The molecule has 1 aliphatic rings. The van der Waals surface area contributed by atoms with E-state index in [0.717, 1.165) is 36.5 Å². The number of hydrogen-bond acceptors (Lipinski definition) is 4. The molecule has 0 N–H and O–H groups in total. The third kappa shape index (κ3) is 3.65. The summed E-state index contributed by atoms with van der Waals surface area (Å²) in [6.07, 6.45) is 6.11. The van der Waals surface area contributed by atoms with Crippen LogP contribution >= 0.6 is 0 Å². The lowest BCUT2D eigenvalue weighted by Crippen LogP contribution is -2.40. The summed E-state index contributed by atoms with van der Waals surface area (Å²) in [4.78, 5) is 23.9. The van der Waals surface area contributed by atoms with Crippen LogP contribution in [-0.2, 0) is 18.3 Å². The lowest BCUT2D eigenvalue weighted by molar-refractivity contribution is -0.131. The van der Waals surface area contributed by atoms with Crippen LogP contribution in [0.25, 0.3) is 11.5 Å². The van der Waals surface area contributed by atoms with Gasteiger partial charge in [0.15, 0.2) is 0 Å². The first-order chi connectivity index (χ1) is 13.1. The molecule has 1 fully saturated rings. The number of hydrogen-bond donors (Lipinski definition) is 0. The fraction of sp³-hybridized carbons (Fsp3) is 0.381. The molecule has 4 rings (SSSR count). The summed E-state index contributed by atoms with van der Waals surface area (Å²) in [7, 11) is 2.01. The molecule has 6 nitrogen and oxygen atoms in total. The Morgan fingerprint density at radius 2 is 2.11 bits per heavy atom. The molecule has 1 unspecified atom stereocenters. The van der Waals surface area contributed by atoms with E-state index in [1.165, 1.54) is 0 Å². The van der Waals surface area contributed by atoms with Crippen molar-refractivity contribution in [2.45, 2.75) is 32.1 Å². The van der Waals surface area contributed by atoms with Crippen LogP contribution < -0.4 is 0 Å². The van der Waals surface area contributed by atoms with Crippen molar-refractivity contribution in [3.63, 3.8) is 0 Å². The van der Waals surface area contributed by atoms with Gasteiger partial charge in [-0.05, 0) is 31.9 Å². The van der Waals surface area contributed by atoms with E-state index >= 15 is 0 Å². The minimum absolute atomic E-state index is 0.102. The Morgan fingerprint density at radius 1 is 1.30 bits per heavy atom. The Labute approximate surface area is 158 Å². The molecule has 2 aromatic heterocycles. The van der Waals surface area contributed by atoms with Gasteiger partial charge in [-0.3, -0.25) is 4.79 Å². The SMILES string of the molecule is Cc1oc(-c2ccccc2)nc1CC(=O)N1CCCC(c2nccn2C)C1. The number of piperidine rings is 1. The van der Waals surface area contributed by atoms with Gasteiger partial charge < -0.3 is 13.9 Å². The van der Waals surface area contributed by atoms with Crippen LogP contribution in [0.2, 0.25) is 0 Å². The van der Waals surface area contributed by atoms with Gasteiger partial charge in [-0.15, -0.1) is 0 Å². The highest BCUT2D eigenvalue weighted by Gasteiger charge is 2.28. The number of rotatable bonds is 4. The average molecular weight is 364 g/mol. The van der Waals surface area contributed by atoms with Crippen molar-refractivity contribution in [2.24, 2.45) is 7.05 Å². The summed E-state index contributed by atoms with van der Waals surface area (Å²) in [6.45, 7) is 3.38. The van der Waals surface area contributed by atoms with Crippen molar-refractivity contribution in [1.29, 1.82) is 0 Å². The predicted molar refractivity (Wildman–Crippen MR) is 102 cm³/mol. The van der Waals surface area contributed by atoms with Crippen LogP contribution in [0.5, 0.6) is 0 Å². The van der Waals surface area contributed by atoms with Crippen LogP contribution in [0.1, 0.15) is 36.0 Å². The maximum absolute atomic E-state index is 12.9. The second kappa shape index (κ2) is 7.39. The Hall–Kier alpha value is -2.89. The van der Waals surface area contributed by atoms with E-state index in [4.69, 9.17) is 4.42 Å². The largest absolute Gasteiger partial charge is 0.441 e. The van der Waals surface area contributed by atoms with Crippen LogP contribution in [-0.4, -0.2) is 38.4 Å². The standard InChI is InChI=1S/C21H24N4O2/c1-15-18(23-21(27-15)16-7-4-3-5-8-16)13-19(26)25-11-6-9-17(14-25)20-22-10-12-24(20)2/h3-5,7-8,10,12,17H,6,9,11,13-14H2,1-2H3. The maximum Gasteiger partial charge on any atom is 0.228 e. The van der Waals surface area contributed by atoms with Crippen molar-refractivity contribution >= 4 is 5.91 Å². The molecule has 0 saturated carbocycles. The van der Waals surface area contributed by atoms with Gasteiger partial charge in [-0.1, -0.05) is 18.2 Å².